The summed E-state index contributed by atoms with van der Waals surface area (Å²) in [6, 6.07) is 3.09. The Morgan fingerprint density at radius 3 is 2.68 bits per heavy atom. The zero-order valence-corrected chi connectivity index (χ0v) is 16.2. The van der Waals surface area contributed by atoms with Gasteiger partial charge in [-0.2, -0.15) is 0 Å². The third kappa shape index (κ3) is 6.62. The van der Waals surface area contributed by atoms with Gasteiger partial charge in [0.05, 0.1) is 5.75 Å². The van der Waals surface area contributed by atoms with Gasteiger partial charge in [-0.15, -0.1) is 12.4 Å². The Bertz CT molecular complexity index is 661. The molecule has 0 spiro atoms. The molecule has 2 atom stereocenters. The van der Waals surface area contributed by atoms with Crippen molar-refractivity contribution < 1.29 is 22.7 Å². The maximum absolute atomic E-state index is 12.3. The van der Waals surface area contributed by atoms with Crippen LogP contribution < -0.4 is 5.32 Å². The minimum absolute atomic E-state index is 0. The predicted octanol–water partition coefficient (Wildman–Crippen LogP) is 1.07. The molecule has 1 aliphatic heterocycles. The third-order valence-electron chi connectivity index (χ3n) is 4.31. The number of hydrogen-bond acceptors (Lipinski definition) is 6. The molecular weight excluding hydrogens is 368 g/mol. The molecule has 0 unspecified atom stereocenters. The van der Waals surface area contributed by atoms with Crippen LogP contribution in [0.5, 0.6) is 0 Å². The van der Waals surface area contributed by atoms with Gasteiger partial charge >= 0.3 is 0 Å². The van der Waals surface area contributed by atoms with Crippen molar-refractivity contribution in [3.05, 3.63) is 23.7 Å². The lowest BCUT2D eigenvalue weighted by Crippen LogP contribution is -2.40. The van der Waals surface area contributed by atoms with E-state index in [0.717, 1.165) is 19.4 Å². The Hall–Kier alpha value is -1.09. The number of halogens is 1. The second-order valence-corrected chi connectivity index (χ2v) is 8.70. The summed E-state index contributed by atoms with van der Waals surface area (Å²) in [6.07, 6.45) is 3.22. The Morgan fingerprint density at radius 1 is 1.40 bits per heavy atom. The highest BCUT2D eigenvalue weighted by molar-refractivity contribution is 7.90. The lowest BCUT2D eigenvalue weighted by atomic mass is 9.98. The highest BCUT2D eigenvalue weighted by Crippen LogP contribution is 2.22. The topological polar surface area (TPSA) is 99.9 Å². The Morgan fingerprint density at radius 2 is 2.12 bits per heavy atom. The van der Waals surface area contributed by atoms with Crippen molar-refractivity contribution in [1.82, 2.24) is 10.2 Å². The maximum atomic E-state index is 12.3. The Labute approximate surface area is 155 Å². The number of aliphatic hydroxyl groups excluding tert-OH is 1. The molecule has 144 valence electrons. The van der Waals surface area contributed by atoms with Crippen LogP contribution >= 0.6 is 12.4 Å². The molecule has 0 bridgehead atoms. The number of sulfone groups is 1. The van der Waals surface area contributed by atoms with E-state index >= 15 is 0 Å². The van der Waals surface area contributed by atoms with Gasteiger partial charge in [0, 0.05) is 31.9 Å². The van der Waals surface area contributed by atoms with Gasteiger partial charge in [0.25, 0.3) is 5.91 Å². The number of likely N-dealkylation sites (tertiary alicyclic amines) is 1. The first-order chi connectivity index (χ1) is 11.3. The van der Waals surface area contributed by atoms with Gasteiger partial charge in [-0.05, 0) is 24.5 Å². The van der Waals surface area contributed by atoms with Gasteiger partial charge in [-0.25, -0.2) is 8.42 Å². The second-order valence-electron chi connectivity index (χ2n) is 6.44. The molecule has 1 aliphatic rings. The van der Waals surface area contributed by atoms with E-state index in [1.165, 1.54) is 6.26 Å². The number of carbonyl (C=O) groups is 1. The van der Waals surface area contributed by atoms with Gasteiger partial charge in [0.1, 0.15) is 22.2 Å². The smallest absolute Gasteiger partial charge is 0.287 e. The van der Waals surface area contributed by atoms with Crippen molar-refractivity contribution in [2.45, 2.75) is 32.4 Å². The van der Waals surface area contributed by atoms with E-state index in [1.807, 2.05) is 0 Å². The standard InChI is InChI=1S/C16H26N2O5S.ClH/c1-3-4-12-9-18(7-8-24(2,21)22)10-14(12)17-16(20)15-6-5-13(11-19)23-15;/h5-6,12,14,19H,3-4,7-11H2,1-2H3,(H,17,20);1H/t12-,14-;/m0./s1. The van der Waals surface area contributed by atoms with Gasteiger partial charge < -0.3 is 14.8 Å². The molecule has 25 heavy (non-hydrogen) atoms. The molecule has 2 rings (SSSR count). The van der Waals surface area contributed by atoms with Crippen LogP contribution in [0.1, 0.15) is 36.1 Å². The minimum Gasteiger partial charge on any atom is -0.453 e. The molecule has 0 aliphatic carbocycles. The average molecular weight is 395 g/mol. The molecule has 1 aromatic heterocycles. The molecule has 2 N–H and O–H groups in total. The molecule has 0 aromatic carbocycles. The van der Waals surface area contributed by atoms with Crippen molar-refractivity contribution in [1.29, 1.82) is 0 Å². The normalized spacial score (nSPS) is 21.1. The van der Waals surface area contributed by atoms with Crippen LogP contribution in [-0.4, -0.2) is 62.0 Å². The van der Waals surface area contributed by atoms with Gasteiger partial charge in [-0.3, -0.25) is 9.69 Å². The minimum atomic E-state index is -2.99. The quantitative estimate of drug-likeness (QED) is 0.684. The lowest BCUT2D eigenvalue weighted by Gasteiger charge is -2.18. The van der Waals surface area contributed by atoms with Crippen LogP contribution in [0.3, 0.4) is 0 Å². The van der Waals surface area contributed by atoms with E-state index in [-0.39, 0.29) is 42.5 Å². The summed E-state index contributed by atoms with van der Waals surface area (Å²) in [7, 11) is -2.99. The number of nitrogens with zero attached hydrogens (tertiary/aromatic N) is 1. The van der Waals surface area contributed by atoms with Gasteiger partial charge in [0.2, 0.25) is 0 Å². The summed E-state index contributed by atoms with van der Waals surface area (Å²) in [6.45, 7) is 3.77. The lowest BCUT2D eigenvalue weighted by molar-refractivity contribution is 0.0896. The zero-order valence-electron chi connectivity index (χ0n) is 14.6. The van der Waals surface area contributed by atoms with Crippen molar-refractivity contribution in [2.24, 2.45) is 5.92 Å². The van der Waals surface area contributed by atoms with Crippen molar-refractivity contribution in [3.63, 3.8) is 0 Å². The molecule has 7 nitrogen and oxygen atoms in total. The first kappa shape index (κ1) is 22.0. The molecule has 1 saturated heterocycles. The molecule has 9 heteroatoms. The molecular formula is C16H27ClN2O5S. The van der Waals surface area contributed by atoms with E-state index in [4.69, 9.17) is 9.52 Å². The van der Waals surface area contributed by atoms with Crippen LogP contribution in [0.15, 0.2) is 16.5 Å². The number of amides is 1. The fraction of sp³-hybridized carbons (Fsp3) is 0.688. The van der Waals surface area contributed by atoms with Gasteiger partial charge in [-0.1, -0.05) is 13.3 Å². The highest BCUT2D eigenvalue weighted by Gasteiger charge is 2.33. The Kier molecular flexibility index (Phi) is 8.40. The fourth-order valence-corrected chi connectivity index (χ4v) is 3.68. The van der Waals surface area contributed by atoms with E-state index < -0.39 is 9.84 Å². The summed E-state index contributed by atoms with van der Waals surface area (Å²) in [5.74, 6) is 0.664. The van der Waals surface area contributed by atoms with Crippen LogP contribution in [-0.2, 0) is 16.4 Å². The van der Waals surface area contributed by atoms with Crippen molar-refractivity contribution in [2.75, 3.05) is 31.6 Å². The molecule has 1 aromatic rings. The van der Waals surface area contributed by atoms with E-state index in [0.29, 0.717) is 24.8 Å². The fourth-order valence-electron chi connectivity index (χ4n) is 3.09. The largest absolute Gasteiger partial charge is 0.453 e. The number of nitrogens with one attached hydrogen (secondary N) is 1. The van der Waals surface area contributed by atoms with Crippen LogP contribution in [0.25, 0.3) is 0 Å². The van der Waals surface area contributed by atoms with E-state index in [1.54, 1.807) is 12.1 Å². The summed E-state index contributed by atoms with van der Waals surface area (Å²) < 4.78 is 27.9. The molecule has 0 saturated carbocycles. The van der Waals surface area contributed by atoms with E-state index in [2.05, 4.69) is 17.1 Å². The highest BCUT2D eigenvalue weighted by atomic mass is 35.5. The zero-order chi connectivity index (χ0) is 17.7. The van der Waals surface area contributed by atoms with Crippen molar-refractivity contribution >= 4 is 28.2 Å². The predicted molar refractivity (Wildman–Crippen MR) is 97.7 cm³/mol. The van der Waals surface area contributed by atoms with Crippen molar-refractivity contribution in [3.8, 4) is 0 Å². The molecule has 2 heterocycles. The number of furan rings is 1. The third-order valence-corrected chi connectivity index (χ3v) is 5.24. The molecule has 1 fully saturated rings. The van der Waals surface area contributed by atoms with E-state index in [9.17, 15) is 13.2 Å². The number of rotatable bonds is 8. The first-order valence-electron chi connectivity index (χ1n) is 8.23. The number of carbonyl (C=O) groups excluding carboxylic acids is 1. The maximum Gasteiger partial charge on any atom is 0.287 e. The summed E-state index contributed by atoms with van der Waals surface area (Å²) >= 11 is 0. The SMILES string of the molecule is CCC[C@H]1CN(CCS(C)(=O)=O)C[C@@H]1NC(=O)c1ccc(CO)o1.Cl. The number of hydrogen-bond donors (Lipinski definition) is 2. The van der Waals surface area contributed by atoms with Crippen LogP contribution in [0, 0.1) is 5.92 Å². The summed E-state index contributed by atoms with van der Waals surface area (Å²) in [5.41, 5.74) is 0. The summed E-state index contributed by atoms with van der Waals surface area (Å²) in [4.78, 5) is 14.4. The first-order valence-corrected chi connectivity index (χ1v) is 10.3. The average Bonchev–Trinajstić information content (AvgIpc) is 3.12. The second kappa shape index (κ2) is 9.56. The Balaban J connectivity index is 0.00000312. The monoisotopic (exact) mass is 394 g/mol. The van der Waals surface area contributed by atoms with Crippen LogP contribution in [0.2, 0.25) is 0 Å². The molecule has 0 radical (unpaired) electrons. The number of aliphatic hydroxyl groups is 1. The summed E-state index contributed by atoms with van der Waals surface area (Å²) in [5, 5.41) is 12.0. The van der Waals surface area contributed by atoms with Gasteiger partial charge in [0.15, 0.2) is 5.76 Å². The van der Waals surface area contributed by atoms with Crippen LogP contribution in [0.4, 0.5) is 0 Å². The molecule has 1 amide bonds.